The van der Waals surface area contributed by atoms with Gasteiger partial charge in [0.2, 0.25) is 5.96 Å². The van der Waals surface area contributed by atoms with E-state index in [9.17, 15) is 0 Å². The van der Waals surface area contributed by atoms with E-state index in [2.05, 4.69) is 15.5 Å². The van der Waals surface area contributed by atoms with E-state index in [-0.39, 0.29) is 0 Å². The third-order valence-corrected chi connectivity index (χ3v) is 1.43. The van der Waals surface area contributed by atoms with E-state index in [1.165, 1.54) is 0 Å². The van der Waals surface area contributed by atoms with E-state index in [1.54, 1.807) is 13.3 Å². The van der Waals surface area contributed by atoms with Gasteiger partial charge < -0.3 is 5.73 Å². The van der Waals surface area contributed by atoms with Crippen LogP contribution in [0.1, 0.15) is 5.56 Å². The minimum Gasteiger partial charge on any atom is -0.369 e. The number of hydrogen-bond donors (Lipinski definition) is 2. The Kier molecular flexibility index (Phi) is 3.50. The first-order valence-electron chi connectivity index (χ1n) is 3.89. The van der Waals surface area contributed by atoms with Crippen molar-refractivity contribution in [3.05, 3.63) is 35.9 Å². The lowest BCUT2D eigenvalue weighted by atomic mass is 10.2. The number of nitrogens with two attached hydrogens (primary N) is 1. The number of guanidine groups is 1. The van der Waals surface area contributed by atoms with Crippen LogP contribution in [0.3, 0.4) is 0 Å². The van der Waals surface area contributed by atoms with Gasteiger partial charge in [-0.2, -0.15) is 5.10 Å². The molecule has 0 aliphatic rings. The summed E-state index contributed by atoms with van der Waals surface area (Å²) < 4.78 is 0. The van der Waals surface area contributed by atoms with Crippen LogP contribution < -0.4 is 11.2 Å². The summed E-state index contributed by atoms with van der Waals surface area (Å²) in [7, 11) is 1.60. The van der Waals surface area contributed by atoms with Gasteiger partial charge in [0.05, 0.1) is 6.21 Å². The Morgan fingerprint density at radius 2 is 2.08 bits per heavy atom. The van der Waals surface area contributed by atoms with Crippen molar-refractivity contribution in [1.29, 1.82) is 0 Å². The van der Waals surface area contributed by atoms with Crippen LogP contribution >= 0.6 is 0 Å². The van der Waals surface area contributed by atoms with Gasteiger partial charge in [0.1, 0.15) is 0 Å². The van der Waals surface area contributed by atoms with Crippen molar-refractivity contribution in [3.8, 4) is 0 Å². The first-order chi connectivity index (χ1) is 6.33. The van der Waals surface area contributed by atoms with Gasteiger partial charge in [0.25, 0.3) is 0 Å². The van der Waals surface area contributed by atoms with Crippen LogP contribution in [0.4, 0.5) is 0 Å². The van der Waals surface area contributed by atoms with E-state index >= 15 is 0 Å². The molecule has 0 aliphatic carbocycles. The van der Waals surface area contributed by atoms with Gasteiger partial charge in [-0.25, -0.2) is 5.43 Å². The Labute approximate surface area is 77.2 Å². The summed E-state index contributed by atoms with van der Waals surface area (Å²) in [4.78, 5) is 3.69. The van der Waals surface area contributed by atoms with Gasteiger partial charge in [-0.1, -0.05) is 30.3 Å². The van der Waals surface area contributed by atoms with Gasteiger partial charge >= 0.3 is 0 Å². The maximum atomic E-state index is 5.36. The van der Waals surface area contributed by atoms with Crippen LogP contribution in [0.5, 0.6) is 0 Å². The van der Waals surface area contributed by atoms with E-state index in [4.69, 9.17) is 5.73 Å². The SMILES string of the molecule is CN=C(N)N/N=C\c1ccccc1. The quantitative estimate of drug-likeness (QED) is 0.393. The molecule has 1 aromatic carbocycles. The molecule has 4 nitrogen and oxygen atoms in total. The summed E-state index contributed by atoms with van der Waals surface area (Å²) in [5, 5.41) is 3.88. The van der Waals surface area contributed by atoms with Crippen molar-refractivity contribution in [3.63, 3.8) is 0 Å². The number of nitrogens with zero attached hydrogens (tertiary/aromatic N) is 2. The summed E-state index contributed by atoms with van der Waals surface area (Å²) in [6, 6.07) is 9.73. The first kappa shape index (κ1) is 9.25. The molecular formula is C9H12N4. The predicted molar refractivity (Wildman–Crippen MR) is 54.7 cm³/mol. The second kappa shape index (κ2) is 4.92. The van der Waals surface area contributed by atoms with E-state index in [1.807, 2.05) is 30.3 Å². The molecule has 13 heavy (non-hydrogen) atoms. The topological polar surface area (TPSA) is 62.8 Å². The van der Waals surface area contributed by atoms with Crippen LogP contribution in [0.15, 0.2) is 40.4 Å². The number of benzene rings is 1. The molecule has 3 N–H and O–H groups in total. The van der Waals surface area contributed by atoms with Crippen molar-refractivity contribution in [2.75, 3.05) is 7.05 Å². The summed E-state index contributed by atoms with van der Waals surface area (Å²) in [5.41, 5.74) is 8.95. The van der Waals surface area contributed by atoms with Crippen molar-refractivity contribution in [2.24, 2.45) is 15.8 Å². The smallest absolute Gasteiger partial charge is 0.209 e. The molecular weight excluding hydrogens is 164 g/mol. The number of hydrazone groups is 1. The van der Waals surface area contributed by atoms with Gasteiger partial charge in [-0.05, 0) is 5.56 Å². The molecule has 0 amide bonds. The minimum absolute atomic E-state index is 0.298. The normalized spacial score (nSPS) is 11.9. The van der Waals surface area contributed by atoms with Gasteiger partial charge in [0.15, 0.2) is 0 Å². The van der Waals surface area contributed by atoms with Gasteiger partial charge in [-0.3, -0.25) is 4.99 Å². The van der Waals surface area contributed by atoms with Gasteiger partial charge in [0, 0.05) is 7.05 Å². The van der Waals surface area contributed by atoms with Crippen molar-refractivity contribution < 1.29 is 0 Å². The maximum absolute atomic E-state index is 5.36. The molecule has 0 unspecified atom stereocenters. The second-order valence-electron chi connectivity index (χ2n) is 2.39. The Bertz CT molecular complexity index is 303. The fraction of sp³-hybridized carbons (Fsp3) is 0.111. The highest BCUT2D eigenvalue weighted by Gasteiger charge is 1.84. The lowest BCUT2D eigenvalue weighted by Crippen LogP contribution is -2.26. The van der Waals surface area contributed by atoms with E-state index in [0.717, 1.165) is 5.56 Å². The lowest BCUT2D eigenvalue weighted by Gasteiger charge is -1.95. The monoisotopic (exact) mass is 176 g/mol. The molecule has 0 bridgehead atoms. The highest BCUT2D eigenvalue weighted by Crippen LogP contribution is 1.92. The summed E-state index contributed by atoms with van der Waals surface area (Å²) in [6.07, 6.45) is 1.68. The van der Waals surface area contributed by atoms with Crippen LogP contribution in [-0.4, -0.2) is 19.2 Å². The maximum Gasteiger partial charge on any atom is 0.209 e. The third-order valence-electron chi connectivity index (χ3n) is 1.43. The Morgan fingerprint density at radius 3 is 2.69 bits per heavy atom. The fourth-order valence-electron chi connectivity index (χ4n) is 0.762. The first-order valence-corrected chi connectivity index (χ1v) is 3.89. The number of rotatable bonds is 2. The highest BCUT2D eigenvalue weighted by atomic mass is 15.3. The molecule has 68 valence electrons. The lowest BCUT2D eigenvalue weighted by molar-refractivity contribution is 1.01. The molecule has 1 aromatic rings. The second-order valence-corrected chi connectivity index (χ2v) is 2.39. The largest absolute Gasteiger partial charge is 0.369 e. The Morgan fingerprint density at radius 1 is 1.38 bits per heavy atom. The predicted octanol–water partition coefficient (Wildman–Crippen LogP) is 0.555. The van der Waals surface area contributed by atoms with Crippen molar-refractivity contribution in [2.45, 2.75) is 0 Å². The zero-order valence-electron chi connectivity index (χ0n) is 7.44. The molecule has 0 saturated carbocycles. The highest BCUT2D eigenvalue weighted by molar-refractivity contribution is 5.82. The van der Waals surface area contributed by atoms with E-state index in [0.29, 0.717) is 5.96 Å². The molecule has 4 heteroatoms. The number of aliphatic imine (C=N–C) groups is 1. The zero-order valence-corrected chi connectivity index (χ0v) is 7.44. The molecule has 0 atom stereocenters. The summed E-state index contributed by atoms with van der Waals surface area (Å²) >= 11 is 0. The molecule has 0 aliphatic heterocycles. The number of nitrogens with one attached hydrogen (secondary N) is 1. The van der Waals surface area contributed by atoms with Crippen LogP contribution in [-0.2, 0) is 0 Å². The minimum atomic E-state index is 0.298. The zero-order chi connectivity index (χ0) is 9.52. The fourth-order valence-corrected chi connectivity index (χ4v) is 0.762. The summed E-state index contributed by atoms with van der Waals surface area (Å²) in [6.45, 7) is 0. The molecule has 0 fully saturated rings. The molecule has 0 radical (unpaired) electrons. The van der Waals surface area contributed by atoms with Crippen LogP contribution in [0.25, 0.3) is 0 Å². The molecule has 0 aromatic heterocycles. The Hall–Kier alpha value is -1.84. The summed E-state index contributed by atoms with van der Waals surface area (Å²) in [5.74, 6) is 0.298. The average Bonchev–Trinajstić information content (AvgIpc) is 2.19. The van der Waals surface area contributed by atoms with Crippen molar-refractivity contribution >= 4 is 12.2 Å². The Balaban J connectivity index is 2.50. The number of hydrogen-bond acceptors (Lipinski definition) is 2. The van der Waals surface area contributed by atoms with Crippen LogP contribution in [0.2, 0.25) is 0 Å². The molecule has 0 heterocycles. The van der Waals surface area contributed by atoms with E-state index < -0.39 is 0 Å². The van der Waals surface area contributed by atoms with Crippen LogP contribution in [0, 0.1) is 0 Å². The molecule has 0 saturated heterocycles. The van der Waals surface area contributed by atoms with Gasteiger partial charge in [-0.15, -0.1) is 0 Å². The average molecular weight is 176 g/mol. The third kappa shape index (κ3) is 3.37. The van der Waals surface area contributed by atoms with Crippen molar-refractivity contribution in [1.82, 2.24) is 5.43 Å². The molecule has 0 spiro atoms. The molecule has 1 rings (SSSR count). The standard InChI is InChI=1S/C9H12N4/c1-11-9(10)13-12-7-8-5-3-2-4-6-8/h2-7H,1H3,(H3,10,11,13)/b12-7-.